The number of aromatic nitrogens is 2. The maximum atomic E-state index is 13.1. The quantitative estimate of drug-likeness (QED) is 0.269. The zero-order chi connectivity index (χ0) is 23.5. The van der Waals surface area contributed by atoms with Gasteiger partial charge in [0.2, 0.25) is 0 Å². The van der Waals surface area contributed by atoms with E-state index in [4.69, 9.17) is 4.74 Å². The number of nitro groups is 1. The third kappa shape index (κ3) is 3.96. The highest BCUT2D eigenvalue weighted by molar-refractivity contribution is 5.95. The van der Waals surface area contributed by atoms with Crippen molar-refractivity contribution in [2.75, 3.05) is 6.61 Å². The summed E-state index contributed by atoms with van der Waals surface area (Å²) in [5.41, 5.74) is -1.63. The summed E-state index contributed by atoms with van der Waals surface area (Å²) in [5.74, 6) is -3.32. The lowest BCUT2D eigenvalue weighted by molar-refractivity contribution is -0.384. The molecule has 2 heterocycles. The molecule has 0 fully saturated rings. The SMILES string of the molecule is CCOC(=O)C1=C(Cn2ccnc2)NC(C=O)C(C)(C(=O)O)C1c1cccc([N+](=O)[O-])c1. The van der Waals surface area contributed by atoms with Crippen molar-refractivity contribution >= 4 is 23.9 Å². The van der Waals surface area contributed by atoms with Gasteiger partial charge in [-0.3, -0.25) is 14.9 Å². The number of nitrogens with zero attached hydrogens (tertiary/aromatic N) is 3. The number of nitro benzene ring substituents is 1. The fraction of sp³-hybridized carbons (Fsp3) is 0.333. The zero-order valence-corrected chi connectivity index (χ0v) is 17.4. The van der Waals surface area contributed by atoms with Gasteiger partial charge >= 0.3 is 11.9 Å². The van der Waals surface area contributed by atoms with Crippen LogP contribution in [-0.4, -0.2) is 50.5 Å². The highest BCUT2D eigenvalue weighted by Crippen LogP contribution is 2.48. The van der Waals surface area contributed by atoms with Gasteiger partial charge in [-0.2, -0.15) is 0 Å². The van der Waals surface area contributed by atoms with Gasteiger partial charge in [-0.1, -0.05) is 12.1 Å². The Labute approximate surface area is 182 Å². The van der Waals surface area contributed by atoms with Gasteiger partial charge in [0.05, 0.1) is 36.0 Å². The van der Waals surface area contributed by atoms with Crippen molar-refractivity contribution in [2.45, 2.75) is 32.4 Å². The lowest BCUT2D eigenvalue weighted by Gasteiger charge is -2.44. The number of allylic oxidation sites excluding steroid dienone is 1. The topological polar surface area (TPSA) is 154 Å². The maximum Gasteiger partial charge on any atom is 0.336 e. The zero-order valence-electron chi connectivity index (χ0n) is 17.4. The predicted molar refractivity (Wildman–Crippen MR) is 110 cm³/mol. The number of hydrogen-bond acceptors (Lipinski definition) is 8. The van der Waals surface area contributed by atoms with Crippen molar-refractivity contribution in [2.24, 2.45) is 5.41 Å². The molecule has 0 radical (unpaired) electrons. The number of aliphatic carboxylic acids is 1. The molecule has 11 nitrogen and oxygen atoms in total. The van der Waals surface area contributed by atoms with E-state index in [1.165, 1.54) is 43.7 Å². The largest absolute Gasteiger partial charge is 0.481 e. The highest BCUT2D eigenvalue weighted by Gasteiger charge is 2.55. The van der Waals surface area contributed by atoms with Gasteiger partial charge in [-0.25, -0.2) is 9.78 Å². The molecule has 0 spiro atoms. The number of rotatable bonds is 8. The molecule has 0 aliphatic carbocycles. The van der Waals surface area contributed by atoms with E-state index in [2.05, 4.69) is 10.3 Å². The fourth-order valence-electron chi connectivity index (χ4n) is 3.98. The molecule has 2 N–H and O–H groups in total. The van der Waals surface area contributed by atoms with Gasteiger partial charge in [-0.15, -0.1) is 0 Å². The monoisotopic (exact) mass is 442 g/mol. The van der Waals surface area contributed by atoms with Crippen LogP contribution in [0.25, 0.3) is 0 Å². The Balaban J connectivity index is 2.32. The van der Waals surface area contributed by atoms with Crippen LogP contribution in [0.15, 0.2) is 54.3 Å². The molecule has 11 heteroatoms. The van der Waals surface area contributed by atoms with Crippen LogP contribution in [0.5, 0.6) is 0 Å². The highest BCUT2D eigenvalue weighted by atomic mass is 16.6. The van der Waals surface area contributed by atoms with Crippen molar-refractivity contribution in [3.63, 3.8) is 0 Å². The van der Waals surface area contributed by atoms with E-state index in [9.17, 15) is 29.6 Å². The molecular formula is C21H22N4O7. The molecule has 0 saturated carbocycles. The molecule has 0 bridgehead atoms. The summed E-state index contributed by atoms with van der Waals surface area (Å²) in [6.45, 7) is 3.05. The summed E-state index contributed by atoms with van der Waals surface area (Å²) in [7, 11) is 0. The molecule has 168 valence electrons. The maximum absolute atomic E-state index is 13.1. The second-order valence-electron chi connectivity index (χ2n) is 7.48. The summed E-state index contributed by atoms with van der Waals surface area (Å²) >= 11 is 0. The molecule has 3 unspecified atom stereocenters. The van der Waals surface area contributed by atoms with Gasteiger partial charge in [0.1, 0.15) is 11.7 Å². The van der Waals surface area contributed by atoms with E-state index in [-0.39, 0.29) is 35.7 Å². The molecule has 1 aromatic carbocycles. The first-order valence-electron chi connectivity index (χ1n) is 9.79. The van der Waals surface area contributed by atoms with Crippen molar-refractivity contribution in [3.8, 4) is 0 Å². The Kier molecular flexibility index (Phi) is 6.37. The molecular weight excluding hydrogens is 420 g/mol. The van der Waals surface area contributed by atoms with Crippen molar-refractivity contribution < 1.29 is 29.2 Å². The number of non-ortho nitro benzene ring substituents is 1. The minimum atomic E-state index is -1.84. The number of nitrogens with one attached hydrogen (secondary N) is 1. The van der Waals surface area contributed by atoms with Crippen LogP contribution in [-0.2, 0) is 25.7 Å². The smallest absolute Gasteiger partial charge is 0.336 e. The van der Waals surface area contributed by atoms with Gasteiger partial charge < -0.3 is 24.5 Å². The number of benzene rings is 1. The molecule has 0 saturated heterocycles. The number of imidazole rings is 1. The average Bonchev–Trinajstić information content (AvgIpc) is 3.27. The lowest BCUT2D eigenvalue weighted by atomic mass is 9.63. The molecule has 3 rings (SSSR count). The predicted octanol–water partition coefficient (Wildman–Crippen LogP) is 1.65. The van der Waals surface area contributed by atoms with Crippen molar-refractivity contribution in [1.82, 2.24) is 14.9 Å². The lowest BCUT2D eigenvalue weighted by Crippen LogP contribution is -2.57. The minimum absolute atomic E-state index is 0.0101. The first-order chi connectivity index (χ1) is 15.2. The molecule has 2 aromatic rings. The third-order valence-corrected chi connectivity index (χ3v) is 5.60. The number of carboxylic acid groups (broad SMARTS) is 1. The summed E-state index contributed by atoms with van der Waals surface area (Å²) in [6.07, 6.45) is 5.14. The van der Waals surface area contributed by atoms with Gasteiger partial charge in [0.25, 0.3) is 5.69 Å². The number of carbonyl (C=O) groups excluding carboxylic acids is 2. The summed E-state index contributed by atoms with van der Waals surface area (Å²) in [5, 5.41) is 24.4. The first kappa shape index (κ1) is 22.7. The first-order valence-corrected chi connectivity index (χ1v) is 9.79. The number of aldehydes is 1. The van der Waals surface area contributed by atoms with E-state index in [1.54, 1.807) is 17.7 Å². The number of ether oxygens (including phenoxy) is 1. The number of carbonyl (C=O) groups is 3. The molecule has 1 aromatic heterocycles. The van der Waals surface area contributed by atoms with Crippen molar-refractivity contribution in [3.05, 3.63) is 69.9 Å². The Morgan fingerprint density at radius 3 is 2.75 bits per heavy atom. The van der Waals surface area contributed by atoms with Crippen LogP contribution in [0.4, 0.5) is 5.69 Å². The number of hydrogen-bond donors (Lipinski definition) is 2. The fourth-order valence-corrected chi connectivity index (χ4v) is 3.98. The second-order valence-corrected chi connectivity index (χ2v) is 7.48. The molecule has 0 amide bonds. The molecule has 1 aliphatic rings. The summed E-state index contributed by atoms with van der Waals surface area (Å²) in [6, 6.07) is 4.17. The van der Waals surface area contributed by atoms with Crippen molar-refractivity contribution in [1.29, 1.82) is 0 Å². The van der Waals surface area contributed by atoms with Gasteiger partial charge in [0.15, 0.2) is 0 Å². The molecule has 1 aliphatic heterocycles. The normalized spacial score (nSPS) is 22.7. The Morgan fingerprint density at radius 2 is 2.19 bits per heavy atom. The summed E-state index contributed by atoms with van der Waals surface area (Å²) in [4.78, 5) is 52.2. The minimum Gasteiger partial charge on any atom is -0.481 e. The number of carboxylic acids is 1. The third-order valence-electron chi connectivity index (χ3n) is 5.60. The van der Waals surface area contributed by atoms with Crippen LogP contribution >= 0.6 is 0 Å². The Bertz CT molecular complexity index is 1080. The van der Waals surface area contributed by atoms with Crippen LogP contribution in [0.2, 0.25) is 0 Å². The second kappa shape index (κ2) is 9.00. The summed E-state index contributed by atoms with van der Waals surface area (Å²) < 4.78 is 6.86. The van der Waals surface area contributed by atoms with E-state index in [0.29, 0.717) is 6.29 Å². The average molecular weight is 442 g/mol. The van der Waals surface area contributed by atoms with E-state index < -0.39 is 34.2 Å². The van der Waals surface area contributed by atoms with Crippen LogP contribution in [0.1, 0.15) is 25.3 Å². The van der Waals surface area contributed by atoms with Gasteiger partial charge in [-0.05, 0) is 19.4 Å². The van der Waals surface area contributed by atoms with Crippen LogP contribution < -0.4 is 5.32 Å². The van der Waals surface area contributed by atoms with Gasteiger partial charge in [0, 0.05) is 36.1 Å². The van der Waals surface area contributed by atoms with Crippen LogP contribution in [0, 0.1) is 15.5 Å². The number of esters is 1. The molecule has 32 heavy (non-hydrogen) atoms. The van der Waals surface area contributed by atoms with Crippen LogP contribution in [0.3, 0.4) is 0 Å². The Hall–Kier alpha value is -4.02. The standard InChI is InChI=1S/C21H22N4O7/c1-3-32-19(27)17-15(10-24-8-7-22-12-24)23-16(11-26)21(2,20(28)29)18(17)13-5-4-6-14(9-13)25(30)31/h4-9,11-12,16,18,23H,3,10H2,1-2H3,(H,28,29). The van der Waals surface area contributed by atoms with E-state index in [1.807, 2.05) is 0 Å². The van der Waals surface area contributed by atoms with E-state index >= 15 is 0 Å². The van der Waals surface area contributed by atoms with E-state index in [0.717, 1.165) is 0 Å². The molecule has 3 atom stereocenters. The Morgan fingerprint density at radius 1 is 1.44 bits per heavy atom.